The van der Waals surface area contributed by atoms with Crippen LogP contribution < -0.4 is 0 Å². The van der Waals surface area contributed by atoms with Crippen molar-refractivity contribution in [2.24, 2.45) is 0 Å². The molecule has 0 atom stereocenters. The van der Waals surface area contributed by atoms with Crippen molar-refractivity contribution in [2.75, 3.05) is 13.2 Å². The summed E-state index contributed by atoms with van der Waals surface area (Å²) in [4.78, 5) is 11.1. The largest absolute Gasteiger partial charge is 0.463 e. The van der Waals surface area contributed by atoms with Gasteiger partial charge >= 0.3 is 5.97 Å². The molecule has 0 spiro atoms. The van der Waals surface area contributed by atoms with Gasteiger partial charge in [-0.1, -0.05) is 30.3 Å². The molecule has 0 saturated heterocycles. The Morgan fingerprint density at radius 2 is 2.00 bits per heavy atom. The van der Waals surface area contributed by atoms with E-state index in [0.717, 1.165) is 12.8 Å². The minimum absolute atomic E-state index is 0.101. The summed E-state index contributed by atoms with van der Waals surface area (Å²) < 4.78 is 4.74. The van der Waals surface area contributed by atoms with E-state index in [1.54, 1.807) is 0 Å². The molecule has 0 aliphatic heterocycles. The molecule has 1 aromatic rings. The van der Waals surface area contributed by atoms with Gasteiger partial charge in [0.2, 0.25) is 0 Å². The number of ether oxygens (including phenoxy) is 1. The maximum Gasteiger partial charge on any atom is 0.305 e. The van der Waals surface area contributed by atoms with Crippen molar-refractivity contribution in [3.63, 3.8) is 0 Å². The molecule has 0 bridgehead atoms. The van der Waals surface area contributed by atoms with Gasteiger partial charge in [-0.25, -0.2) is 0 Å². The Hall–Kier alpha value is -1.35. The number of aliphatic hydroxyl groups excluding tert-OH is 1. The molecule has 3 nitrogen and oxygen atoms in total. The first-order chi connectivity index (χ1) is 7.33. The van der Waals surface area contributed by atoms with E-state index in [9.17, 15) is 4.79 Å². The average molecular weight is 208 g/mol. The van der Waals surface area contributed by atoms with Crippen molar-refractivity contribution in [3.8, 4) is 0 Å². The SMILES string of the molecule is O=C(CCCc1ccccc1)OCCO. The van der Waals surface area contributed by atoms with Gasteiger partial charge in [-0.05, 0) is 18.4 Å². The zero-order chi connectivity index (χ0) is 10.9. The summed E-state index contributed by atoms with van der Waals surface area (Å²) in [7, 11) is 0. The van der Waals surface area contributed by atoms with Gasteiger partial charge in [0.25, 0.3) is 0 Å². The van der Waals surface area contributed by atoms with Gasteiger partial charge in [-0.2, -0.15) is 0 Å². The summed E-state index contributed by atoms with van der Waals surface area (Å²) in [6.45, 7) is -0.00536. The fourth-order valence-electron chi connectivity index (χ4n) is 1.31. The van der Waals surface area contributed by atoms with Gasteiger partial charge in [0.1, 0.15) is 6.61 Å². The third kappa shape index (κ3) is 5.18. The van der Waals surface area contributed by atoms with Gasteiger partial charge in [0.15, 0.2) is 0 Å². The van der Waals surface area contributed by atoms with Gasteiger partial charge in [0.05, 0.1) is 6.61 Å². The summed E-state index contributed by atoms with van der Waals surface area (Å²) in [6.07, 6.45) is 2.08. The number of rotatable bonds is 6. The Bertz CT molecular complexity index is 282. The molecule has 0 aromatic heterocycles. The van der Waals surface area contributed by atoms with E-state index in [4.69, 9.17) is 9.84 Å². The number of aliphatic hydroxyl groups is 1. The summed E-state index contributed by atoms with van der Waals surface area (Å²) >= 11 is 0. The molecule has 0 saturated carbocycles. The molecular formula is C12H16O3. The van der Waals surface area contributed by atoms with Crippen molar-refractivity contribution in [2.45, 2.75) is 19.3 Å². The topological polar surface area (TPSA) is 46.5 Å². The Labute approximate surface area is 89.7 Å². The quantitative estimate of drug-likeness (QED) is 0.721. The normalized spacial score (nSPS) is 9.93. The van der Waals surface area contributed by atoms with Crippen molar-refractivity contribution in [1.29, 1.82) is 0 Å². The van der Waals surface area contributed by atoms with Crippen LogP contribution in [0.1, 0.15) is 18.4 Å². The molecule has 0 fully saturated rings. The van der Waals surface area contributed by atoms with E-state index in [1.165, 1.54) is 5.56 Å². The first kappa shape index (κ1) is 11.7. The maximum absolute atomic E-state index is 11.1. The molecule has 15 heavy (non-hydrogen) atoms. The highest BCUT2D eigenvalue weighted by molar-refractivity contribution is 5.69. The van der Waals surface area contributed by atoms with Crippen LogP contribution in [0.15, 0.2) is 30.3 Å². The lowest BCUT2D eigenvalue weighted by Crippen LogP contribution is -2.08. The van der Waals surface area contributed by atoms with Crippen molar-refractivity contribution in [3.05, 3.63) is 35.9 Å². The molecule has 0 aliphatic carbocycles. The summed E-state index contributed by atoms with van der Waals surface area (Å²) in [5.74, 6) is -0.236. The number of hydrogen-bond acceptors (Lipinski definition) is 3. The molecule has 0 amide bonds. The number of benzene rings is 1. The van der Waals surface area contributed by atoms with E-state index in [0.29, 0.717) is 6.42 Å². The van der Waals surface area contributed by atoms with Crippen molar-refractivity contribution >= 4 is 5.97 Å². The number of carbonyl (C=O) groups is 1. The summed E-state index contributed by atoms with van der Waals surface area (Å²) in [5.41, 5.74) is 1.23. The van der Waals surface area contributed by atoms with Gasteiger partial charge < -0.3 is 9.84 Å². The fourth-order valence-corrected chi connectivity index (χ4v) is 1.31. The molecule has 1 rings (SSSR count). The molecule has 0 radical (unpaired) electrons. The van der Waals surface area contributed by atoms with E-state index < -0.39 is 0 Å². The smallest absolute Gasteiger partial charge is 0.305 e. The van der Waals surface area contributed by atoms with Crippen LogP contribution in [0.4, 0.5) is 0 Å². The lowest BCUT2D eigenvalue weighted by atomic mass is 10.1. The van der Waals surface area contributed by atoms with Crippen LogP contribution in [0, 0.1) is 0 Å². The van der Waals surface area contributed by atoms with Crippen molar-refractivity contribution < 1.29 is 14.6 Å². The van der Waals surface area contributed by atoms with Gasteiger partial charge in [-0.15, -0.1) is 0 Å². The highest BCUT2D eigenvalue weighted by Gasteiger charge is 2.01. The molecule has 82 valence electrons. The molecule has 0 aliphatic rings. The van der Waals surface area contributed by atoms with Gasteiger partial charge in [0, 0.05) is 6.42 Å². The first-order valence-electron chi connectivity index (χ1n) is 5.13. The van der Waals surface area contributed by atoms with Crippen LogP contribution in [0.2, 0.25) is 0 Å². The zero-order valence-electron chi connectivity index (χ0n) is 8.69. The second kappa shape index (κ2) is 7.01. The maximum atomic E-state index is 11.1. The fraction of sp³-hybridized carbons (Fsp3) is 0.417. The molecule has 3 heteroatoms. The van der Waals surface area contributed by atoms with E-state index in [1.807, 2.05) is 30.3 Å². The van der Waals surface area contributed by atoms with Crippen LogP contribution in [0.25, 0.3) is 0 Å². The van der Waals surface area contributed by atoms with Crippen molar-refractivity contribution in [1.82, 2.24) is 0 Å². The van der Waals surface area contributed by atoms with Gasteiger partial charge in [-0.3, -0.25) is 4.79 Å². The molecular weight excluding hydrogens is 192 g/mol. The zero-order valence-corrected chi connectivity index (χ0v) is 8.69. The second-order valence-corrected chi connectivity index (χ2v) is 3.28. The van der Waals surface area contributed by atoms with Crippen LogP contribution in [0.3, 0.4) is 0 Å². The Morgan fingerprint density at radius 3 is 2.67 bits per heavy atom. The predicted molar refractivity (Wildman–Crippen MR) is 57.4 cm³/mol. The number of hydrogen-bond donors (Lipinski definition) is 1. The van der Waals surface area contributed by atoms with E-state index >= 15 is 0 Å². The minimum atomic E-state index is -0.236. The Balaban J connectivity index is 2.14. The van der Waals surface area contributed by atoms with Crippen LogP contribution in [-0.4, -0.2) is 24.3 Å². The number of esters is 1. The van der Waals surface area contributed by atoms with Crippen LogP contribution >= 0.6 is 0 Å². The van der Waals surface area contributed by atoms with E-state index in [2.05, 4.69) is 0 Å². The molecule has 0 heterocycles. The van der Waals surface area contributed by atoms with E-state index in [-0.39, 0.29) is 19.2 Å². The first-order valence-corrected chi connectivity index (χ1v) is 5.13. The molecule has 1 aromatic carbocycles. The monoisotopic (exact) mass is 208 g/mol. The second-order valence-electron chi connectivity index (χ2n) is 3.28. The molecule has 0 unspecified atom stereocenters. The third-order valence-corrected chi connectivity index (χ3v) is 2.04. The highest BCUT2D eigenvalue weighted by Crippen LogP contribution is 2.04. The summed E-state index contributed by atoms with van der Waals surface area (Å²) in [5, 5.41) is 8.44. The van der Waals surface area contributed by atoms with Crippen LogP contribution in [-0.2, 0) is 16.0 Å². The Morgan fingerprint density at radius 1 is 1.27 bits per heavy atom. The number of aryl methyl sites for hydroxylation is 1. The molecule has 1 N–H and O–H groups in total. The Kier molecular flexibility index (Phi) is 5.48. The standard InChI is InChI=1S/C12H16O3/c13-9-10-15-12(14)8-4-7-11-5-2-1-3-6-11/h1-3,5-6,13H,4,7-10H2. The lowest BCUT2D eigenvalue weighted by Gasteiger charge is -2.02. The minimum Gasteiger partial charge on any atom is -0.463 e. The highest BCUT2D eigenvalue weighted by atomic mass is 16.5. The van der Waals surface area contributed by atoms with Crippen LogP contribution in [0.5, 0.6) is 0 Å². The lowest BCUT2D eigenvalue weighted by molar-refractivity contribution is -0.144. The number of carbonyl (C=O) groups excluding carboxylic acids is 1. The third-order valence-electron chi connectivity index (χ3n) is 2.04. The predicted octanol–water partition coefficient (Wildman–Crippen LogP) is 1.54. The summed E-state index contributed by atoms with van der Waals surface area (Å²) in [6, 6.07) is 10.0. The average Bonchev–Trinajstić information content (AvgIpc) is 2.28.